The van der Waals surface area contributed by atoms with Crippen molar-refractivity contribution in [2.24, 2.45) is 10.8 Å². The summed E-state index contributed by atoms with van der Waals surface area (Å²) in [7, 11) is 0. The van der Waals surface area contributed by atoms with E-state index in [1.807, 2.05) is 12.1 Å². The van der Waals surface area contributed by atoms with Crippen molar-refractivity contribution >= 4 is 23.5 Å². The minimum atomic E-state index is 0.174. The standard InChI is InChI=1S/C12H17N3S/c1-3-9(2)11-6-4-10(5-7-11)8-14-15-12(13)16/h4-9H,3H2,1-2H3,(H3,13,15,16)/b14-8+. The van der Waals surface area contributed by atoms with Gasteiger partial charge >= 0.3 is 0 Å². The summed E-state index contributed by atoms with van der Waals surface area (Å²) in [5.74, 6) is 0.598. The second kappa shape index (κ2) is 6.23. The number of hydrogen-bond donors (Lipinski definition) is 2. The Morgan fingerprint density at radius 1 is 1.50 bits per heavy atom. The second-order valence-corrected chi connectivity index (χ2v) is 4.15. The van der Waals surface area contributed by atoms with Crippen molar-refractivity contribution in [3.63, 3.8) is 0 Å². The zero-order chi connectivity index (χ0) is 12.0. The van der Waals surface area contributed by atoms with E-state index >= 15 is 0 Å². The molecule has 1 rings (SSSR count). The first-order valence-corrected chi connectivity index (χ1v) is 5.72. The Bertz CT molecular complexity index is 370. The van der Waals surface area contributed by atoms with Crippen LogP contribution in [0.1, 0.15) is 37.3 Å². The molecule has 0 aliphatic heterocycles. The quantitative estimate of drug-likeness (QED) is 0.478. The molecule has 0 radical (unpaired) electrons. The molecule has 0 spiro atoms. The van der Waals surface area contributed by atoms with Gasteiger partial charge in [0.2, 0.25) is 0 Å². The molecule has 86 valence electrons. The highest BCUT2D eigenvalue weighted by atomic mass is 32.1. The lowest BCUT2D eigenvalue weighted by Crippen LogP contribution is -2.23. The normalized spacial score (nSPS) is 12.6. The molecule has 0 aliphatic rings. The summed E-state index contributed by atoms with van der Waals surface area (Å²) in [5.41, 5.74) is 10.1. The van der Waals surface area contributed by atoms with E-state index in [1.165, 1.54) is 5.56 Å². The van der Waals surface area contributed by atoms with Crippen molar-refractivity contribution in [1.82, 2.24) is 5.43 Å². The third-order valence-electron chi connectivity index (χ3n) is 2.51. The molecule has 1 atom stereocenters. The molecule has 0 amide bonds. The number of rotatable bonds is 4. The SMILES string of the molecule is CCC(C)c1ccc(/C=N/NC(N)=S)cc1. The molecule has 3 N–H and O–H groups in total. The van der Waals surface area contributed by atoms with Crippen LogP contribution < -0.4 is 11.2 Å². The van der Waals surface area contributed by atoms with Gasteiger partial charge in [0, 0.05) is 0 Å². The zero-order valence-electron chi connectivity index (χ0n) is 9.60. The number of nitrogens with two attached hydrogens (primary N) is 1. The molecule has 1 unspecified atom stereocenters. The maximum Gasteiger partial charge on any atom is 0.184 e. The largest absolute Gasteiger partial charge is 0.375 e. The zero-order valence-corrected chi connectivity index (χ0v) is 10.4. The summed E-state index contributed by atoms with van der Waals surface area (Å²) in [5, 5.41) is 4.07. The van der Waals surface area contributed by atoms with Gasteiger partial charge in [-0.05, 0) is 35.7 Å². The topological polar surface area (TPSA) is 50.4 Å². The third kappa shape index (κ3) is 3.98. The van der Waals surface area contributed by atoms with Crippen molar-refractivity contribution in [3.8, 4) is 0 Å². The highest BCUT2D eigenvalue weighted by molar-refractivity contribution is 7.80. The van der Waals surface area contributed by atoms with E-state index in [0.29, 0.717) is 5.92 Å². The third-order valence-corrected chi connectivity index (χ3v) is 2.60. The number of nitrogens with zero attached hydrogens (tertiary/aromatic N) is 1. The first-order chi connectivity index (χ1) is 7.63. The molecule has 0 aliphatic carbocycles. The van der Waals surface area contributed by atoms with Gasteiger partial charge in [0.15, 0.2) is 5.11 Å². The van der Waals surface area contributed by atoms with Crippen molar-refractivity contribution in [3.05, 3.63) is 35.4 Å². The molecule has 0 saturated heterocycles. The maximum atomic E-state index is 5.25. The van der Waals surface area contributed by atoms with Gasteiger partial charge in [0.1, 0.15) is 0 Å². The Morgan fingerprint density at radius 2 is 2.12 bits per heavy atom. The van der Waals surface area contributed by atoms with Crippen LogP contribution in [0.2, 0.25) is 0 Å². The molecule has 16 heavy (non-hydrogen) atoms. The number of hydrogen-bond acceptors (Lipinski definition) is 2. The summed E-state index contributed by atoms with van der Waals surface area (Å²) in [6, 6.07) is 8.31. The number of hydrazone groups is 1. The fourth-order valence-electron chi connectivity index (χ4n) is 1.32. The fraction of sp³-hybridized carbons (Fsp3) is 0.333. The number of benzene rings is 1. The molecule has 0 fully saturated rings. The average Bonchev–Trinajstić information content (AvgIpc) is 2.28. The van der Waals surface area contributed by atoms with Crippen LogP contribution in [0.25, 0.3) is 0 Å². The summed E-state index contributed by atoms with van der Waals surface area (Å²) in [6.07, 6.45) is 2.84. The number of thiocarbonyl (C=S) groups is 1. The monoisotopic (exact) mass is 235 g/mol. The van der Waals surface area contributed by atoms with Crippen LogP contribution >= 0.6 is 12.2 Å². The Labute approximate surface area is 102 Å². The highest BCUT2D eigenvalue weighted by Gasteiger charge is 2.01. The first-order valence-electron chi connectivity index (χ1n) is 5.32. The molecule has 0 bridgehead atoms. The Hall–Kier alpha value is -1.42. The summed E-state index contributed by atoms with van der Waals surface area (Å²) >= 11 is 4.63. The van der Waals surface area contributed by atoms with Gasteiger partial charge in [-0.15, -0.1) is 0 Å². The van der Waals surface area contributed by atoms with Crippen molar-refractivity contribution in [2.75, 3.05) is 0 Å². The molecule has 4 heteroatoms. The van der Waals surface area contributed by atoms with Gasteiger partial charge in [-0.25, -0.2) is 0 Å². The van der Waals surface area contributed by atoms with E-state index in [9.17, 15) is 0 Å². The van der Waals surface area contributed by atoms with E-state index in [0.717, 1.165) is 12.0 Å². The fourth-order valence-corrected chi connectivity index (χ4v) is 1.37. The van der Waals surface area contributed by atoms with Crippen LogP contribution in [0.4, 0.5) is 0 Å². The lowest BCUT2D eigenvalue weighted by molar-refractivity contribution is 0.733. The Balaban J connectivity index is 2.64. The molecule has 3 nitrogen and oxygen atoms in total. The summed E-state index contributed by atoms with van der Waals surface area (Å²) in [4.78, 5) is 0. The summed E-state index contributed by atoms with van der Waals surface area (Å²) < 4.78 is 0. The lowest BCUT2D eigenvalue weighted by atomic mass is 9.98. The van der Waals surface area contributed by atoms with Crippen LogP contribution in [0, 0.1) is 0 Å². The molecule has 0 heterocycles. The van der Waals surface area contributed by atoms with E-state index in [-0.39, 0.29) is 5.11 Å². The molecule has 0 aromatic heterocycles. The van der Waals surface area contributed by atoms with Crippen LogP contribution in [0.3, 0.4) is 0 Å². The minimum absolute atomic E-state index is 0.174. The van der Waals surface area contributed by atoms with Gasteiger partial charge < -0.3 is 5.73 Å². The van der Waals surface area contributed by atoms with Crippen LogP contribution in [0.5, 0.6) is 0 Å². The van der Waals surface area contributed by atoms with Crippen LogP contribution in [-0.4, -0.2) is 11.3 Å². The summed E-state index contributed by atoms with van der Waals surface area (Å²) in [6.45, 7) is 4.41. The second-order valence-electron chi connectivity index (χ2n) is 3.71. The van der Waals surface area contributed by atoms with Crippen molar-refractivity contribution in [2.45, 2.75) is 26.2 Å². The molecule has 0 saturated carbocycles. The van der Waals surface area contributed by atoms with Crippen molar-refractivity contribution < 1.29 is 0 Å². The predicted octanol–water partition coefficient (Wildman–Crippen LogP) is 2.37. The van der Waals surface area contributed by atoms with E-state index in [4.69, 9.17) is 5.73 Å². The molecular weight excluding hydrogens is 218 g/mol. The smallest absolute Gasteiger partial charge is 0.184 e. The van der Waals surface area contributed by atoms with Gasteiger partial charge in [0.25, 0.3) is 0 Å². The van der Waals surface area contributed by atoms with Gasteiger partial charge in [-0.3, -0.25) is 5.43 Å². The molecular formula is C12H17N3S. The van der Waals surface area contributed by atoms with Crippen LogP contribution in [-0.2, 0) is 0 Å². The van der Waals surface area contributed by atoms with E-state index in [1.54, 1.807) is 6.21 Å². The van der Waals surface area contributed by atoms with E-state index < -0.39 is 0 Å². The van der Waals surface area contributed by atoms with Gasteiger partial charge in [0.05, 0.1) is 6.21 Å². The predicted molar refractivity (Wildman–Crippen MR) is 72.7 cm³/mol. The molecule has 1 aromatic carbocycles. The van der Waals surface area contributed by atoms with Crippen LogP contribution in [0.15, 0.2) is 29.4 Å². The van der Waals surface area contributed by atoms with Crippen molar-refractivity contribution in [1.29, 1.82) is 0 Å². The number of nitrogens with one attached hydrogen (secondary N) is 1. The first kappa shape index (κ1) is 12.6. The Morgan fingerprint density at radius 3 is 2.62 bits per heavy atom. The lowest BCUT2D eigenvalue weighted by Gasteiger charge is -2.08. The highest BCUT2D eigenvalue weighted by Crippen LogP contribution is 2.18. The van der Waals surface area contributed by atoms with E-state index in [2.05, 4.69) is 48.7 Å². The Kier molecular flexibility index (Phi) is 4.92. The van der Waals surface area contributed by atoms with Gasteiger partial charge in [-0.1, -0.05) is 38.1 Å². The molecule has 1 aromatic rings. The maximum absolute atomic E-state index is 5.25. The minimum Gasteiger partial charge on any atom is -0.375 e. The average molecular weight is 235 g/mol. The van der Waals surface area contributed by atoms with Gasteiger partial charge in [-0.2, -0.15) is 5.10 Å².